The zero-order valence-corrected chi connectivity index (χ0v) is 18.4. The lowest BCUT2D eigenvalue weighted by Gasteiger charge is -2.19. The van der Waals surface area contributed by atoms with Gasteiger partial charge in [-0.15, -0.1) is 0 Å². The second-order valence-electron chi connectivity index (χ2n) is 8.34. The minimum atomic E-state index is -1.30. The van der Waals surface area contributed by atoms with E-state index in [0.717, 1.165) is 22.7 Å². The van der Waals surface area contributed by atoms with Crippen molar-refractivity contribution in [2.45, 2.75) is 46.4 Å². The average molecular weight is 424 g/mol. The molecule has 0 aliphatic rings. The van der Waals surface area contributed by atoms with E-state index in [2.05, 4.69) is 23.9 Å². The lowest BCUT2D eigenvalue weighted by atomic mass is 10.1. The summed E-state index contributed by atoms with van der Waals surface area (Å²) in [5, 5.41) is 14.0. The zero-order valence-electron chi connectivity index (χ0n) is 18.4. The van der Waals surface area contributed by atoms with Gasteiger partial charge in [0, 0.05) is 11.8 Å². The van der Waals surface area contributed by atoms with Crippen LogP contribution < -0.4 is 4.74 Å². The third-order valence-corrected chi connectivity index (χ3v) is 4.68. The second-order valence-corrected chi connectivity index (χ2v) is 8.34. The first-order chi connectivity index (χ1) is 14.7. The largest absolute Gasteiger partial charge is 0.493 e. The topological polar surface area (TPSA) is 86.5 Å². The highest BCUT2D eigenvalue weighted by atomic mass is 16.5. The molecule has 0 atom stereocenters. The van der Waals surface area contributed by atoms with Crippen LogP contribution in [0.3, 0.4) is 0 Å². The maximum absolute atomic E-state index is 11.4. The molecule has 0 saturated carbocycles. The van der Waals surface area contributed by atoms with Crippen molar-refractivity contribution in [2.75, 3.05) is 6.61 Å². The molecule has 3 rings (SSSR count). The first-order valence-electron chi connectivity index (χ1n) is 10.3. The van der Waals surface area contributed by atoms with Gasteiger partial charge < -0.3 is 14.6 Å². The Morgan fingerprint density at radius 1 is 1.13 bits per heavy atom. The summed E-state index contributed by atoms with van der Waals surface area (Å²) in [5.41, 5.74) is 2.06. The standard InChI is InChI=1S/C24H29N3O4/c1-17(2)15-30-21-10-7-8-18(12-21)22-13-20(16-31-24(3,4)23(28)29)26-27(22)14-19-9-5-6-11-25-19/h5-13,17H,14-16H2,1-4H3,(H,28,29). The predicted octanol–water partition coefficient (Wildman–Crippen LogP) is 4.41. The quantitative estimate of drug-likeness (QED) is 0.520. The Kier molecular flexibility index (Phi) is 7.07. The van der Waals surface area contributed by atoms with Crippen molar-refractivity contribution < 1.29 is 19.4 Å². The summed E-state index contributed by atoms with van der Waals surface area (Å²) < 4.78 is 13.3. The molecule has 0 unspecified atom stereocenters. The summed E-state index contributed by atoms with van der Waals surface area (Å²) in [5.74, 6) is 0.205. The van der Waals surface area contributed by atoms with Gasteiger partial charge in [-0.05, 0) is 50.1 Å². The molecule has 0 spiro atoms. The minimum absolute atomic E-state index is 0.0884. The van der Waals surface area contributed by atoms with Crippen LogP contribution in [0.1, 0.15) is 39.1 Å². The van der Waals surface area contributed by atoms with E-state index in [1.54, 1.807) is 6.20 Å². The van der Waals surface area contributed by atoms with Crippen molar-refractivity contribution in [2.24, 2.45) is 5.92 Å². The molecule has 0 amide bonds. The molecule has 7 nitrogen and oxygen atoms in total. The number of aliphatic carboxylic acids is 1. The number of ether oxygens (including phenoxy) is 2. The molecular formula is C24H29N3O4. The van der Waals surface area contributed by atoms with Gasteiger partial charge in [0.1, 0.15) is 5.75 Å². The van der Waals surface area contributed by atoms with Crippen molar-refractivity contribution in [1.29, 1.82) is 0 Å². The summed E-state index contributed by atoms with van der Waals surface area (Å²) in [6.45, 7) is 8.47. The normalized spacial score (nSPS) is 11.6. The molecule has 0 radical (unpaired) electrons. The summed E-state index contributed by atoms with van der Waals surface area (Å²) in [6, 6.07) is 15.5. The van der Waals surface area contributed by atoms with Crippen molar-refractivity contribution >= 4 is 5.97 Å². The van der Waals surface area contributed by atoms with Gasteiger partial charge in [0.15, 0.2) is 5.60 Å². The number of pyridine rings is 1. The van der Waals surface area contributed by atoms with Crippen molar-refractivity contribution in [3.05, 3.63) is 66.1 Å². The molecular weight excluding hydrogens is 394 g/mol. The van der Waals surface area contributed by atoms with Gasteiger partial charge in [-0.25, -0.2) is 4.79 Å². The fourth-order valence-corrected chi connectivity index (χ4v) is 2.86. The SMILES string of the molecule is CC(C)COc1cccc(-c2cc(COC(C)(C)C(=O)O)nn2Cc2ccccn2)c1. The number of benzene rings is 1. The van der Waals surface area contributed by atoms with Crippen LogP contribution in [0.25, 0.3) is 11.3 Å². The van der Waals surface area contributed by atoms with Crippen LogP contribution in [-0.4, -0.2) is 38.0 Å². The van der Waals surface area contributed by atoms with E-state index >= 15 is 0 Å². The minimum Gasteiger partial charge on any atom is -0.493 e. The first kappa shape index (κ1) is 22.5. The number of carbonyl (C=O) groups is 1. The molecule has 0 saturated heterocycles. The molecule has 0 aliphatic carbocycles. The highest BCUT2D eigenvalue weighted by Crippen LogP contribution is 2.26. The van der Waals surface area contributed by atoms with E-state index in [4.69, 9.17) is 9.47 Å². The molecule has 0 aliphatic heterocycles. The second kappa shape index (κ2) is 9.75. The van der Waals surface area contributed by atoms with Gasteiger partial charge >= 0.3 is 5.97 Å². The van der Waals surface area contributed by atoms with Gasteiger partial charge in [-0.2, -0.15) is 5.10 Å². The number of rotatable bonds is 10. The van der Waals surface area contributed by atoms with E-state index in [-0.39, 0.29) is 6.61 Å². The Hall–Kier alpha value is -3.19. The molecule has 2 heterocycles. The number of hydrogen-bond donors (Lipinski definition) is 1. The molecule has 0 bridgehead atoms. The summed E-state index contributed by atoms with van der Waals surface area (Å²) >= 11 is 0. The number of hydrogen-bond acceptors (Lipinski definition) is 5. The average Bonchev–Trinajstić information content (AvgIpc) is 3.14. The fourth-order valence-electron chi connectivity index (χ4n) is 2.86. The molecule has 7 heteroatoms. The monoisotopic (exact) mass is 423 g/mol. The van der Waals surface area contributed by atoms with Crippen LogP contribution in [0.2, 0.25) is 0 Å². The lowest BCUT2D eigenvalue weighted by Crippen LogP contribution is -2.34. The van der Waals surface area contributed by atoms with Crippen LogP contribution in [0.15, 0.2) is 54.7 Å². The first-order valence-corrected chi connectivity index (χ1v) is 10.3. The molecule has 31 heavy (non-hydrogen) atoms. The molecule has 1 aromatic carbocycles. The van der Waals surface area contributed by atoms with Crippen LogP contribution >= 0.6 is 0 Å². The fraction of sp³-hybridized carbons (Fsp3) is 0.375. The molecule has 3 aromatic rings. The third-order valence-electron chi connectivity index (χ3n) is 4.68. The summed E-state index contributed by atoms with van der Waals surface area (Å²) in [7, 11) is 0. The molecule has 1 N–H and O–H groups in total. The van der Waals surface area contributed by atoms with Crippen molar-refractivity contribution in [1.82, 2.24) is 14.8 Å². The Labute approximate surface area is 182 Å². The Morgan fingerprint density at radius 3 is 2.61 bits per heavy atom. The van der Waals surface area contributed by atoms with E-state index in [0.29, 0.717) is 24.8 Å². The van der Waals surface area contributed by atoms with Crippen LogP contribution in [0.5, 0.6) is 5.75 Å². The molecule has 164 valence electrons. The van der Waals surface area contributed by atoms with Gasteiger partial charge in [-0.3, -0.25) is 9.67 Å². The van der Waals surface area contributed by atoms with E-state index in [1.807, 2.05) is 53.2 Å². The summed E-state index contributed by atoms with van der Waals surface area (Å²) in [6.07, 6.45) is 1.75. The van der Waals surface area contributed by atoms with Crippen LogP contribution in [-0.2, 0) is 22.7 Å². The summed E-state index contributed by atoms with van der Waals surface area (Å²) in [4.78, 5) is 15.7. The van der Waals surface area contributed by atoms with E-state index in [9.17, 15) is 9.90 Å². The molecule has 2 aromatic heterocycles. The molecule has 0 fully saturated rings. The van der Waals surface area contributed by atoms with Crippen molar-refractivity contribution in [3.8, 4) is 17.0 Å². The highest BCUT2D eigenvalue weighted by molar-refractivity contribution is 5.76. The lowest BCUT2D eigenvalue weighted by molar-refractivity contribution is -0.162. The predicted molar refractivity (Wildman–Crippen MR) is 118 cm³/mol. The van der Waals surface area contributed by atoms with Gasteiger partial charge in [0.25, 0.3) is 0 Å². The number of carboxylic acid groups (broad SMARTS) is 1. The number of nitrogens with zero attached hydrogens (tertiary/aromatic N) is 3. The van der Waals surface area contributed by atoms with E-state index < -0.39 is 11.6 Å². The third kappa shape index (κ3) is 6.15. The Bertz CT molecular complexity index is 1010. The van der Waals surface area contributed by atoms with Crippen molar-refractivity contribution in [3.63, 3.8) is 0 Å². The highest BCUT2D eigenvalue weighted by Gasteiger charge is 2.28. The number of carboxylic acids is 1. The maximum Gasteiger partial charge on any atom is 0.335 e. The van der Waals surface area contributed by atoms with Crippen LogP contribution in [0.4, 0.5) is 0 Å². The number of aromatic nitrogens is 3. The smallest absolute Gasteiger partial charge is 0.335 e. The van der Waals surface area contributed by atoms with E-state index in [1.165, 1.54) is 13.8 Å². The van der Waals surface area contributed by atoms with Gasteiger partial charge in [0.05, 0.1) is 36.8 Å². The zero-order chi connectivity index (χ0) is 22.4. The van der Waals surface area contributed by atoms with Gasteiger partial charge in [-0.1, -0.05) is 32.0 Å². The van der Waals surface area contributed by atoms with Gasteiger partial charge in [0.2, 0.25) is 0 Å². The van der Waals surface area contributed by atoms with Crippen LogP contribution in [0, 0.1) is 5.92 Å². The Balaban J connectivity index is 1.90. The maximum atomic E-state index is 11.4. The Morgan fingerprint density at radius 2 is 1.94 bits per heavy atom.